The number of hydrogen-bond acceptors (Lipinski definition) is 2. The van der Waals surface area contributed by atoms with E-state index in [-0.39, 0.29) is 0 Å². The van der Waals surface area contributed by atoms with E-state index in [9.17, 15) is 0 Å². The minimum absolute atomic E-state index is 0.398. The Labute approximate surface area is 61.5 Å². The second kappa shape index (κ2) is 2.21. The molecule has 0 unspecified atom stereocenters. The van der Waals surface area contributed by atoms with E-state index in [0.29, 0.717) is 24.0 Å². The maximum absolute atomic E-state index is 5.58. The van der Waals surface area contributed by atoms with Gasteiger partial charge in [0.1, 0.15) is 0 Å². The molecule has 0 spiro atoms. The highest BCUT2D eigenvalue weighted by molar-refractivity contribution is 4.90. The third-order valence-electron chi connectivity index (χ3n) is 2.55. The van der Waals surface area contributed by atoms with Gasteiger partial charge in [-0.05, 0) is 0 Å². The summed E-state index contributed by atoms with van der Waals surface area (Å²) in [6.45, 7) is 6.17. The second-order valence-electron chi connectivity index (χ2n) is 3.55. The molecule has 2 nitrogen and oxygen atoms in total. The standard InChI is InChI=1S/C8H14O2/c1-5-3-9-8-6(2)4-10-7(5)8/h5-8H,3-4H2,1-2H3/t5-,6+,7-,8-/m0/s1. The topological polar surface area (TPSA) is 18.5 Å². The molecule has 0 radical (unpaired) electrons. The molecule has 58 valence electrons. The van der Waals surface area contributed by atoms with Crippen molar-refractivity contribution in [3.05, 3.63) is 0 Å². The highest BCUT2D eigenvalue weighted by Crippen LogP contribution is 2.33. The van der Waals surface area contributed by atoms with Gasteiger partial charge < -0.3 is 9.47 Å². The van der Waals surface area contributed by atoms with Crippen LogP contribution in [0.1, 0.15) is 13.8 Å². The Morgan fingerprint density at radius 3 is 1.70 bits per heavy atom. The van der Waals surface area contributed by atoms with Gasteiger partial charge in [0, 0.05) is 11.8 Å². The summed E-state index contributed by atoms with van der Waals surface area (Å²) in [7, 11) is 0. The Morgan fingerprint density at radius 1 is 0.900 bits per heavy atom. The molecule has 0 aromatic heterocycles. The molecule has 2 rings (SSSR count). The number of rotatable bonds is 0. The molecule has 10 heavy (non-hydrogen) atoms. The molecular weight excluding hydrogens is 128 g/mol. The molecule has 2 heterocycles. The minimum Gasteiger partial charge on any atom is -0.375 e. The summed E-state index contributed by atoms with van der Waals surface area (Å²) < 4.78 is 11.2. The first kappa shape index (κ1) is 6.62. The van der Waals surface area contributed by atoms with Crippen molar-refractivity contribution in [1.82, 2.24) is 0 Å². The maximum Gasteiger partial charge on any atom is 0.0887 e. The van der Waals surface area contributed by atoms with E-state index in [1.807, 2.05) is 0 Å². The van der Waals surface area contributed by atoms with Gasteiger partial charge >= 0.3 is 0 Å². The van der Waals surface area contributed by atoms with Crippen molar-refractivity contribution in [2.24, 2.45) is 11.8 Å². The summed E-state index contributed by atoms with van der Waals surface area (Å²) in [5, 5.41) is 0. The smallest absolute Gasteiger partial charge is 0.0887 e. The average Bonchev–Trinajstić information content (AvgIpc) is 2.41. The van der Waals surface area contributed by atoms with Crippen LogP contribution < -0.4 is 0 Å². The fraction of sp³-hybridized carbons (Fsp3) is 1.00. The van der Waals surface area contributed by atoms with Crippen molar-refractivity contribution in [3.63, 3.8) is 0 Å². The lowest BCUT2D eigenvalue weighted by atomic mass is 9.99. The fourth-order valence-electron chi connectivity index (χ4n) is 1.88. The van der Waals surface area contributed by atoms with Crippen LogP contribution in [0.25, 0.3) is 0 Å². The van der Waals surface area contributed by atoms with Crippen molar-refractivity contribution in [2.75, 3.05) is 13.2 Å². The predicted molar refractivity (Wildman–Crippen MR) is 37.8 cm³/mol. The molecule has 2 heteroatoms. The summed E-state index contributed by atoms with van der Waals surface area (Å²) in [5.41, 5.74) is 0. The normalized spacial score (nSPS) is 53.4. The lowest BCUT2D eigenvalue weighted by molar-refractivity contribution is 0.0627. The first-order valence-electron chi connectivity index (χ1n) is 4.02. The van der Waals surface area contributed by atoms with Crippen LogP contribution in [0.4, 0.5) is 0 Å². The van der Waals surface area contributed by atoms with Gasteiger partial charge in [-0.3, -0.25) is 0 Å². The molecule has 2 aliphatic rings. The molecule has 2 fully saturated rings. The zero-order chi connectivity index (χ0) is 7.14. The van der Waals surface area contributed by atoms with E-state index in [1.54, 1.807) is 0 Å². The summed E-state index contributed by atoms with van der Waals surface area (Å²) in [4.78, 5) is 0. The van der Waals surface area contributed by atoms with Gasteiger partial charge in [0.2, 0.25) is 0 Å². The van der Waals surface area contributed by atoms with E-state index < -0.39 is 0 Å². The number of ether oxygens (including phenoxy) is 2. The van der Waals surface area contributed by atoms with E-state index in [1.165, 1.54) is 0 Å². The molecule has 0 amide bonds. The summed E-state index contributed by atoms with van der Waals surface area (Å²) >= 11 is 0. The molecule has 4 atom stereocenters. The first-order valence-corrected chi connectivity index (χ1v) is 4.02. The Kier molecular flexibility index (Phi) is 1.46. The average molecular weight is 142 g/mol. The Bertz CT molecular complexity index is 119. The van der Waals surface area contributed by atoms with Crippen molar-refractivity contribution in [3.8, 4) is 0 Å². The zero-order valence-electron chi connectivity index (χ0n) is 6.54. The molecule has 0 aromatic rings. The largest absolute Gasteiger partial charge is 0.375 e. The van der Waals surface area contributed by atoms with Crippen LogP contribution in [-0.2, 0) is 9.47 Å². The van der Waals surface area contributed by atoms with E-state index in [0.717, 1.165) is 13.2 Å². The molecule has 0 aliphatic carbocycles. The lowest BCUT2D eigenvalue weighted by Crippen LogP contribution is -2.23. The molecule has 2 aliphatic heterocycles. The van der Waals surface area contributed by atoms with Gasteiger partial charge in [-0.25, -0.2) is 0 Å². The van der Waals surface area contributed by atoms with Crippen molar-refractivity contribution in [2.45, 2.75) is 26.1 Å². The highest BCUT2D eigenvalue weighted by atomic mass is 16.6. The summed E-state index contributed by atoms with van der Waals surface area (Å²) in [5.74, 6) is 1.21. The zero-order valence-corrected chi connectivity index (χ0v) is 6.54. The van der Waals surface area contributed by atoms with Gasteiger partial charge in [-0.1, -0.05) is 13.8 Å². The monoisotopic (exact) mass is 142 g/mol. The second-order valence-corrected chi connectivity index (χ2v) is 3.55. The maximum atomic E-state index is 5.58. The Hall–Kier alpha value is -0.0800. The summed E-state index contributed by atoms with van der Waals surface area (Å²) in [6, 6.07) is 0. The van der Waals surface area contributed by atoms with Crippen LogP contribution >= 0.6 is 0 Å². The molecule has 0 bridgehead atoms. The van der Waals surface area contributed by atoms with Gasteiger partial charge in [0.05, 0.1) is 25.4 Å². The molecule has 0 aromatic carbocycles. The number of hydrogen-bond donors (Lipinski definition) is 0. The third kappa shape index (κ3) is 0.789. The molecule has 0 N–H and O–H groups in total. The van der Waals surface area contributed by atoms with Gasteiger partial charge in [-0.15, -0.1) is 0 Å². The van der Waals surface area contributed by atoms with Gasteiger partial charge in [-0.2, -0.15) is 0 Å². The van der Waals surface area contributed by atoms with E-state index in [2.05, 4.69) is 13.8 Å². The third-order valence-corrected chi connectivity index (χ3v) is 2.55. The Balaban J connectivity index is 2.09. The number of fused-ring (bicyclic) bond motifs is 1. The lowest BCUT2D eigenvalue weighted by Gasteiger charge is -2.10. The van der Waals surface area contributed by atoms with Crippen LogP contribution in [0.3, 0.4) is 0 Å². The first-order chi connectivity index (χ1) is 4.79. The van der Waals surface area contributed by atoms with Crippen molar-refractivity contribution < 1.29 is 9.47 Å². The molecular formula is C8H14O2. The van der Waals surface area contributed by atoms with Crippen LogP contribution in [-0.4, -0.2) is 25.4 Å². The van der Waals surface area contributed by atoms with Crippen molar-refractivity contribution in [1.29, 1.82) is 0 Å². The van der Waals surface area contributed by atoms with Crippen LogP contribution in [0.15, 0.2) is 0 Å². The highest BCUT2D eigenvalue weighted by Gasteiger charge is 2.43. The van der Waals surface area contributed by atoms with Crippen LogP contribution in [0.5, 0.6) is 0 Å². The Morgan fingerprint density at radius 2 is 1.30 bits per heavy atom. The van der Waals surface area contributed by atoms with E-state index >= 15 is 0 Å². The predicted octanol–water partition coefficient (Wildman–Crippen LogP) is 1.06. The van der Waals surface area contributed by atoms with Gasteiger partial charge in [0.25, 0.3) is 0 Å². The van der Waals surface area contributed by atoms with Crippen LogP contribution in [0.2, 0.25) is 0 Å². The molecule has 0 saturated carbocycles. The van der Waals surface area contributed by atoms with Gasteiger partial charge in [0.15, 0.2) is 0 Å². The quantitative estimate of drug-likeness (QED) is 0.503. The van der Waals surface area contributed by atoms with Crippen LogP contribution in [0, 0.1) is 11.8 Å². The fourth-order valence-corrected chi connectivity index (χ4v) is 1.88. The molecule has 2 saturated heterocycles. The summed E-state index contributed by atoms with van der Waals surface area (Å²) in [6.07, 6.45) is 0.796. The van der Waals surface area contributed by atoms with E-state index in [4.69, 9.17) is 9.47 Å². The van der Waals surface area contributed by atoms with Crippen molar-refractivity contribution >= 4 is 0 Å². The minimum atomic E-state index is 0.398. The SMILES string of the molecule is C[C@@H]1CO[C@@H]2[C@H]1OC[C@@H]2C.